The highest BCUT2D eigenvalue weighted by Crippen LogP contribution is 2.33. The van der Waals surface area contributed by atoms with Gasteiger partial charge in [0.25, 0.3) is 0 Å². The summed E-state index contributed by atoms with van der Waals surface area (Å²) < 4.78 is 31.0. The van der Waals surface area contributed by atoms with Gasteiger partial charge in [-0.05, 0) is 37.6 Å². The first kappa shape index (κ1) is 22.4. The summed E-state index contributed by atoms with van der Waals surface area (Å²) in [4.78, 5) is 27.2. The van der Waals surface area contributed by atoms with Gasteiger partial charge in [0, 0.05) is 25.2 Å². The SMILES string of the molecule is Cc1cccc(-n2nc3c(c2NC(=O)C(=O)NCCCN2CCOCC2)CS(=O)(=O)C3)c1. The Morgan fingerprint density at radius 2 is 1.94 bits per heavy atom. The molecular weight excluding hydrogens is 434 g/mol. The summed E-state index contributed by atoms with van der Waals surface area (Å²) in [6.07, 6.45) is 0.716. The number of aromatic nitrogens is 2. The van der Waals surface area contributed by atoms with Crippen molar-refractivity contribution in [3.8, 4) is 5.69 Å². The molecule has 0 atom stereocenters. The highest BCUT2D eigenvalue weighted by atomic mass is 32.2. The highest BCUT2D eigenvalue weighted by Gasteiger charge is 2.33. The summed E-state index contributed by atoms with van der Waals surface area (Å²) >= 11 is 0. The van der Waals surface area contributed by atoms with Crippen LogP contribution in [0.25, 0.3) is 5.69 Å². The average molecular weight is 462 g/mol. The first-order valence-corrected chi connectivity index (χ1v) is 12.4. The van der Waals surface area contributed by atoms with Gasteiger partial charge in [0.2, 0.25) is 0 Å². The molecule has 0 saturated carbocycles. The summed E-state index contributed by atoms with van der Waals surface area (Å²) in [5.41, 5.74) is 2.49. The Bertz CT molecular complexity index is 1120. The molecule has 0 radical (unpaired) electrons. The van der Waals surface area contributed by atoms with Crippen molar-refractivity contribution in [3.63, 3.8) is 0 Å². The number of hydrogen-bond donors (Lipinski definition) is 2. The molecule has 2 aromatic rings. The molecule has 0 bridgehead atoms. The van der Waals surface area contributed by atoms with E-state index in [1.54, 1.807) is 0 Å². The third kappa shape index (κ3) is 5.17. The molecular formula is C21H27N5O5S. The van der Waals surface area contributed by atoms with Crippen molar-refractivity contribution in [2.24, 2.45) is 0 Å². The molecule has 1 fully saturated rings. The lowest BCUT2D eigenvalue weighted by Gasteiger charge is -2.26. The Kier molecular flexibility index (Phi) is 6.58. The zero-order valence-corrected chi connectivity index (χ0v) is 18.8. The lowest BCUT2D eigenvalue weighted by atomic mass is 10.2. The largest absolute Gasteiger partial charge is 0.379 e. The van der Waals surface area contributed by atoms with Crippen LogP contribution >= 0.6 is 0 Å². The molecule has 10 nitrogen and oxygen atoms in total. The minimum absolute atomic E-state index is 0.183. The second-order valence-electron chi connectivity index (χ2n) is 8.07. The molecule has 2 N–H and O–H groups in total. The van der Waals surface area contributed by atoms with E-state index in [2.05, 4.69) is 20.6 Å². The Hall–Kier alpha value is -2.76. The van der Waals surface area contributed by atoms with Gasteiger partial charge in [0.05, 0.1) is 36.1 Å². The summed E-state index contributed by atoms with van der Waals surface area (Å²) in [7, 11) is -3.32. The Morgan fingerprint density at radius 3 is 2.69 bits per heavy atom. The van der Waals surface area contributed by atoms with Crippen LogP contribution in [-0.4, -0.2) is 74.3 Å². The van der Waals surface area contributed by atoms with Crippen molar-refractivity contribution in [1.29, 1.82) is 0 Å². The number of ether oxygens (including phenoxy) is 1. The standard InChI is InChI=1S/C21H27N5O5S/c1-15-4-2-5-16(12-15)26-19(17-13-32(29,30)14-18(17)24-26)23-21(28)20(27)22-6-3-7-25-8-10-31-11-9-25/h2,4-5,12H,3,6-11,13-14H2,1H3,(H,22,27)(H,23,28). The summed E-state index contributed by atoms with van der Waals surface area (Å²) in [6.45, 7) is 6.27. The van der Waals surface area contributed by atoms with Gasteiger partial charge < -0.3 is 15.4 Å². The Labute approximate surface area is 186 Å². The molecule has 4 rings (SSSR count). The number of aryl methyl sites for hydroxylation is 1. The topological polar surface area (TPSA) is 123 Å². The van der Waals surface area contributed by atoms with Crippen LogP contribution in [0.15, 0.2) is 24.3 Å². The fourth-order valence-corrected chi connectivity index (χ4v) is 5.39. The van der Waals surface area contributed by atoms with Crippen molar-refractivity contribution in [3.05, 3.63) is 41.1 Å². The van der Waals surface area contributed by atoms with Crippen molar-refractivity contribution in [2.75, 3.05) is 44.7 Å². The van der Waals surface area contributed by atoms with E-state index in [1.165, 1.54) is 4.68 Å². The monoisotopic (exact) mass is 461 g/mol. The quantitative estimate of drug-likeness (QED) is 0.471. The Balaban J connectivity index is 1.43. The van der Waals surface area contributed by atoms with E-state index in [4.69, 9.17) is 4.74 Å². The molecule has 1 aromatic carbocycles. The van der Waals surface area contributed by atoms with E-state index in [-0.39, 0.29) is 17.3 Å². The third-order valence-corrected chi connectivity index (χ3v) is 6.95. The number of hydrogen-bond acceptors (Lipinski definition) is 7. The minimum atomic E-state index is -3.32. The van der Waals surface area contributed by atoms with E-state index in [9.17, 15) is 18.0 Å². The summed E-state index contributed by atoms with van der Waals surface area (Å²) in [6, 6.07) is 7.46. The maximum Gasteiger partial charge on any atom is 0.314 e. The van der Waals surface area contributed by atoms with E-state index < -0.39 is 21.7 Å². The van der Waals surface area contributed by atoms with E-state index in [0.29, 0.717) is 43.1 Å². The molecule has 0 spiro atoms. The fourth-order valence-electron chi connectivity index (χ4n) is 3.89. The smallest absolute Gasteiger partial charge is 0.314 e. The predicted molar refractivity (Wildman–Crippen MR) is 118 cm³/mol. The number of nitrogens with zero attached hydrogens (tertiary/aromatic N) is 3. The number of morpholine rings is 1. The molecule has 2 amide bonds. The van der Waals surface area contributed by atoms with Crippen molar-refractivity contribution in [2.45, 2.75) is 24.9 Å². The fraction of sp³-hybridized carbons (Fsp3) is 0.476. The molecule has 1 aromatic heterocycles. The summed E-state index contributed by atoms with van der Waals surface area (Å²) in [5, 5.41) is 9.64. The van der Waals surface area contributed by atoms with Gasteiger partial charge in [0.1, 0.15) is 5.82 Å². The number of amides is 2. The highest BCUT2D eigenvalue weighted by molar-refractivity contribution is 7.90. The van der Waals surface area contributed by atoms with E-state index >= 15 is 0 Å². The molecule has 32 heavy (non-hydrogen) atoms. The second kappa shape index (κ2) is 9.39. The molecule has 2 aliphatic rings. The van der Waals surface area contributed by atoms with Gasteiger partial charge in [-0.25, -0.2) is 13.1 Å². The van der Waals surface area contributed by atoms with Gasteiger partial charge >= 0.3 is 11.8 Å². The molecule has 3 heterocycles. The van der Waals surface area contributed by atoms with Gasteiger partial charge in [-0.2, -0.15) is 5.10 Å². The minimum Gasteiger partial charge on any atom is -0.379 e. The lowest BCUT2D eigenvalue weighted by Crippen LogP contribution is -2.40. The van der Waals surface area contributed by atoms with Crippen LogP contribution in [0, 0.1) is 6.92 Å². The molecule has 0 unspecified atom stereocenters. The van der Waals surface area contributed by atoms with Crippen LogP contribution in [0.1, 0.15) is 23.2 Å². The van der Waals surface area contributed by atoms with Crippen molar-refractivity contribution < 1.29 is 22.7 Å². The van der Waals surface area contributed by atoms with Gasteiger partial charge in [-0.1, -0.05) is 12.1 Å². The van der Waals surface area contributed by atoms with E-state index in [1.807, 2.05) is 31.2 Å². The second-order valence-corrected chi connectivity index (χ2v) is 10.1. The zero-order valence-electron chi connectivity index (χ0n) is 18.0. The van der Waals surface area contributed by atoms with Crippen LogP contribution in [0.5, 0.6) is 0 Å². The lowest BCUT2D eigenvalue weighted by molar-refractivity contribution is -0.136. The maximum atomic E-state index is 12.6. The van der Waals surface area contributed by atoms with Gasteiger partial charge in [-0.3, -0.25) is 14.5 Å². The first-order chi connectivity index (χ1) is 15.3. The number of carbonyl (C=O) groups is 2. The molecule has 2 aliphatic heterocycles. The first-order valence-electron chi connectivity index (χ1n) is 10.6. The zero-order chi connectivity index (χ0) is 22.7. The van der Waals surface area contributed by atoms with Crippen molar-refractivity contribution in [1.82, 2.24) is 20.0 Å². The van der Waals surface area contributed by atoms with Gasteiger partial charge in [-0.15, -0.1) is 0 Å². The number of carbonyl (C=O) groups excluding carboxylic acids is 2. The van der Waals surface area contributed by atoms with Gasteiger partial charge in [0.15, 0.2) is 9.84 Å². The normalized spacial score (nSPS) is 17.7. The van der Waals surface area contributed by atoms with Crippen molar-refractivity contribution >= 4 is 27.5 Å². The van der Waals surface area contributed by atoms with Crippen LogP contribution in [0.4, 0.5) is 5.82 Å². The van der Waals surface area contributed by atoms with Crippen LogP contribution in [0.2, 0.25) is 0 Å². The number of fused-ring (bicyclic) bond motifs is 1. The number of sulfone groups is 1. The van der Waals surface area contributed by atoms with E-state index in [0.717, 1.165) is 25.2 Å². The number of benzene rings is 1. The number of rotatable bonds is 6. The predicted octanol–water partition coefficient (Wildman–Crippen LogP) is 0.386. The Morgan fingerprint density at radius 1 is 1.16 bits per heavy atom. The average Bonchev–Trinajstić information content (AvgIpc) is 3.24. The maximum absolute atomic E-state index is 12.6. The molecule has 11 heteroatoms. The summed E-state index contributed by atoms with van der Waals surface area (Å²) in [5.74, 6) is -1.79. The van der Waals surface area contributed by atoms with Crippen LogP contribution in [-0.2, 0) is 35.7 Å². The number of nitrogens with one attached hydrogen (secondary N) is 2. The third-order valence-electron chi connectivity index (χ3n) is 5.51. The van der Waals surface area contributed by atoms with Crippen LogP contribution < -0.4 is 10.6 Å². The van der Waals surface area contributed by atoms with Crippen LogP contribution in [0.3, 0.4) is 0 Å². The number of anilines is 1. The molecule has 0 aliphatic carbocycles. The molecule has 1 saturated heterocycles. The molecule has 172 valence electrons.